The van der Waals surface area contributed by atoms with Gasteiger partial charge in [0.2, 0.25) is 5.91 Å². The highest BCUT2D eigenvalue weighted by atomic mass is 19.1. The molecule has 1 aromatic carbocycles. The Balaban J connectivity index is 2.11. The smallest absolute Gasteiger partial charge is 0.227 e. The molecule has 4 nitrogen and oxygen atoms in total. The largest absolute Gasteiger partial charge is 0.492 e. The van der Waals surface area contributed by atoms with Gasteiger partial charge in [0, 0.05) is 12.0 Å². The maximum atomic E-state index is 13.2. The Morgan fingerprint density at radius 3 is 3.00 bits per heavy atom. The van der Waals surface area contributed by atoms with Crippen molar-refractivity contribution in [2.24, 2.45) is 17.6 Å². The standard InChI is InChI=1S/C15H21FN2O2/c1-2-20-14-8-11(16)6-7-13(14)18-15(19)12-5-3-4-10(12)9-17/h6-8,10,12H,2-5,9,17H2,1H3,(H,18,19)/t10-,12-/m1/s1. The van der Waals surface area contributed by atoms with Crippen LogP contribution in [-0.2, 0) is 4.79 Å². The van der Waals surface area contributed by atoms with Crippen LogP contribution in [0.3, 0.4) is 0 Å². The van der Waals surface area contributed by atoms with Crippen LogP contribution in [0.5, 0.6) is 5.75 Å². The number of rotatable bonds is 5. The molecular weight excluding hydrogens is 259 g/mol. The highest BCUT2D eigenvalue weighted by Gasteiger charge is 2.32. The van der Waals surface area contributed by atoms with Gasteiger partial charge >= 0.3 is 0 Å². The second-order valence-corrected chi connectivity index (χ2v) is 5.10. The first-order chi connectivity index (χ1) is 9.65. The molecule has 0 bridgehead atoms. The third kappa shape index (κ3) is 3.28. The predicted molar refractivity (Wildman–Crippen MR) is 76.1 cm³/mol. The Bertz CT molecular complexity index is 479. The van der Waals surface area contributed by atoms with Gasteiger partial charge < -0.3 is 15.8 Å². The second kappa shape index (κ2) is 6.70. The van der Waals surface area contributed by atoms with E-state index in [2.05, 4.69) is 5.32 Å². The van der Waals surface area contributed by atoms with Crippen molar-refractivity contribution in [3.63, 3.8) is 0 Å². The zero-order chi connectivity index (χ0) is 14.5. The lowest BCUT2D eigenvalue weighted by Crippen LogP contribution is -2.29. The van der Waals surface area contributed by atoms with Crippen LogP contribution in [0, 0.1) is 17.7 Å². The Morgan fingerprint density at radius 2 is 2.30 bits per heavy atom. The van der Waals surface area contributed by atoms with Gasteiger partial charge in [0.15, 0.2) is 0 Å². The van der Waals surface area contributed by atoms with E-state index >= 15 is 0 Å². The summed E-state index contributed by atoms with van der Waals surface area (Å²) in [5.74, 6) is 0.117. The number of hydrogen-bond donors (Lipinski definition) is 2. The highest BCUT2D eigenvalue weighted by Crippen LogP contribution is 2.33. The van der Waals surface area contributed by atoms with E-state index in [9.17, 15) is 9.18 Å². The number of ether oxygens (including phenoxy) is 1. The summed E-state index contributed by atoms with van der Waals surface area (Å²) in [6, 6.07) is 4.13. The summed E-state index contributed by atoms with van der Waals surface area (Å²) >= 11 is 0. The van der Waals surface area contributed by atoms with Gasteiger partial charge in [-0.1, -0.05) is 6.42 Å². The third-order valence-electron chi connectivity index (χ3n) is 3.80. The van der Waals surface area contributed by atoms with Crippen molar-refractivity contribution in [3.8, 4) is 5.75 Å². The lowest BCUT2D eigenvalue weighted by atomic mass is 9.95. The van der Waals surface area contributed by atoms with Crippen molar-refractivity contribution < 1.29 is 13.9 Å². The normalized spacial score (nSPS) is 21.8. The number of halogens is 1. The molecule has 1 aromatic rings. The topological polar surface area (TPSA) is 64.3 Å². The Labute approximate surface area is 118 Å². The van der Waals surface area contributed by atoms with Gasteiger partial charge in [-0.15, -0.1) is 0 Å². The summed E-state index contributed by atoms with van der Waals surface area (Å²) in [5, 5.41) is 2.84. The summed E-state index contributed by atoms with van der Waals surface area (Å²) in [4.78, 5) is 12.3. The molecule has 0 heterocycles. The summed E-state index contributed by atoms with van der Waals surface area (Å²) < 4.78 is 18.6. The minimum atomic E-state index is -0.382. The first-order valence-electron chi connectivity index (χ1n) is 7.09. The van der Waals surface area contributed by atoms with E-state index < -0.39 is 0 Å². The van der Waals surface area contributed by atoms with E-state index in [0.717, 1.165) is 19.3 Å². The fourth-order valence-electron chi connectivity index (χ4n) is 2.76. The average Bonchev–Trinajstić information content (AvgIpc) is 2.90. The molecule has 110 valence electrons. The van der Waals surface area contributed by atoms with Crippen LogP contribution in [0.25, 0.3) is 0 Å². The number of carbonyl (C=O) groups is 1. The molecule has 1 saturated carbocycles. The van der Waals surface area contributed by atoms with Crippen LogP contribution in [0.4, 0.5) is 10.1 Å². The number of anilines is 1. The van der Waals surface area contributed by atoms with E-state index in [0.29, 0.717) is 24.6 Å². The quantitative estimate of drug-likeness (QED) is 0.871. The van der Waals surface area contributed by atoms with Gasteiger partial charge in [-0.2, -0.15) is 0 Å². The van der Waals surface area contributed by atoms with Crippen molar-refractivity contribution in [2.45, 2.75) is 26.2 Å². The molecule has 5 heteroatoms. The van der Waals surface area contributed by atoms with E-state index in [-0.39, 0.29) is 23.6 Å². The van der Waals surface area contributed by atoms with Crippen LogP contribution in [-0.4, -0.2) is 19.1 Å². The molecule has 0 aliphatic heterocycles. The highest BCUT2D eigenvalue weighted by molar-refractivity contribution is 5.94. The molecule has 0 aromatic heterocycles. The van der Waals surface area contributed by atoms with Crippen LogP contribution < -0.4 is 15.8 Å². The molecule has 20 heavy (non-hydrogen) atoms. The Kier molecular flexibility index (Phi) is 4.95. The van der Waals surface area contributed by atoms with Crippen LogP contribution >= 0.6 is 0 Å². The molecule has 0 spiro atoms. The molecule has 2 rings (SSSR count). The predicted octanol–water partition coefficient (Wildman–Crippen LogP) is 2.54. The first kappa shape index (κ1) is 14.8. The average molecular weight is 280 g/mol. The molecular formula is C15H21FN2O2. The zero-order valence-electron chi connectivity index (χ0n) is 11.7. The van der Waals surface area contributed by atoms with E-state index in [1.165, 1.54) is 18.2 Å². The molecule has 0 unspecified atom stereocenters. The molecule has 1 aliphatic rings. The minimum absolute atomic E-state index is 0.0505. The molecule has 3 N–H and O–H groups in total. The first-order valence-corrected chi connectivity index (χ1v) is 7.09. The zero-order valence-corrected chi connectivity index (χ0v) is 11.7. The minimum Gasteiger partial charge on any atom is -0.492 e. The monoisotopic (exact) mass is 280 g/mol. The molecule has 1 amide bonds. The number of nitrogens with two attached hydrogens (primary N) is 1. The SMILES string of the molecule is CCOc1cc(F)ccc1NC(=O)[C@@H]1CCC[C@@H]1CN. The number of benzene rings is 1. The lowest BCUT2D eigenvalue weighted by molar-refractivity contribution is -0.120. The Morgan fingerprint density at radius 1 is 1.50 bits per heavy atom. The number of amides is 1. The summed E-state index contributed by atoms with van der Waals surface area (Å²) in [5.41, 5.74) is 6.21. The van der Waals surface area contributed by atoms with Crippen molar-refractivity contribution in [1.82, 2.24) is 0 Å². The fourth-order valence-corrected chi connectivity index (χ4v) is 2.76. The number of carbonyl (C=O) groups excluding carboxylic acids is 1. The molecule has 1 fully saturated rings. The van der Waals surface area contributed by atoms with Crippen molar-refractivity contribution in [1.29, 1.82) is 0 Å². The van der Waals surface area contributed by atoms with Gasteiger partial charge in [0.1, 0.15) is 11.6 Å². The Hall–Kier alpha value is -1.62. The van der Waals surface area contributed by atoms with E-state index in [1.807, 2.05) is 6.92 Å². The van der Waals surface area contributed by atoms with Gasteiger partial charge in [-0.25, -0.2) is 4.39 Å². The molecule has 0 radical (unpaired) electrons. The van der Waals surface area contributed by atoms with E-state index in [4.69, 9.17) is 10.5 Å². The maximum absolute atomic E-state index is 13.2. The summed E-state index contributed by atoms with van der Waals surface area (Å²) in [7, 11) is 0. The van der Waals surface area contributed by atoms with Crippen LogP contribution in [0.15, 0.2) is 18.2 Å². The van der Waals surface area contributed by atoms with Crippen molar-refractivity contribution in [2.75, 3.05) is 18.5 Å². The summed E-state index contributed by atoms with van der Waals surface area (Å²) in [6.07, 6.45) is 2.89. The van der Waals surface area contributed by atoms with Gasteiger partial charge in [0.25, 0.3) is 0 Å². The fraction of sp³-hybridized carbons (Fsp3) is 0.533. The van der Waals surface area contributed by atoms with Crippen LogP contribution in [0.2, 0.25) is 0 Å². The third-order valence-corrected chi connectivity index (χ3v) is 3.80. The molecule has 2 atom stereocenters. The van der Waals surface area contributed by atoms with E-state index in [1.54, 1.807) is 0 Å². The van der Waals surface area contributed by atoms with Crippen molar-refractivity contribution in [3.05, 3.63) is 24.0 Å². The van der Waals surface area contributed by atoms with Gasteiger partial charge in [-0.3, -0.25) is 4.79 Å². The molecule has 1 aliphatic carbocycles. The number of hydrogen-bond acceptors (Lipinski definition) is 3. The molecule has 0 saturated heterocycles. The number of nitrogens with one attached hydrogen (secondary N) is 1. The summed E-state index contributed by atoms with van der Waals surface area (Å²) in [6.45, 7) is 2.76. The lowest BCUT2D eigenvalue weighted by Gasteiger charge is -2.18. The van der Waals surface area contributed by atoms with Crippen LogP contribution in [0.1, 0.15) is 26.2 Å². The second-order valence-electron chi connectivity index (χ2n) is 5.10. The van der Waals surface area contributed by atoms with Gasteiger partial charge in [-0.05, 0) is 44.4 Å². The van der Waals surface area contributed by atoms with Crippen molar-refractivity contribution >= 4 is 11.6 Å². The van der Waals surface area contributed by atoms with Gasteiger partial charge in [0.05, 0.1) is 12.3 Å². The maximum Gasteiger partial charge on any atom is 0.227 e.